The minimum Gasteiger partial charge on any atom is -0.396 e. The Kier molecular flexibility index (Phi) is 4.90. The molecule has 0 atom stereocenters. The molecule has 0 aromatic heterocycles. The van der Waals surface area contributed by atoms with E-state index in [1.165, 1.54) is 12.1 Å². The van der Waals surface area contributed by atoms with Crippen molar-refractivity contribution in [3.63, 3.8) is 0 Å². The molecule has 0 amide bonds. The molecule has 0 radical (unpaired) electrons. The van der Waals surface area contributed by atoms with Gasteiger partial charge in [-0.05, 0) is 25.1 Å². The summed E-state index contributed by atoms with van der Waals surface area (Å²) in [6.07, 6.45) is 0. The van der Waals surface area contributed by atoms with E-state index in [1.807, 2.05) is 17.9 Å². The van der Waals surface area contributed by atoms with Crippen LogP contribution in [0.4, 0.5) is 10.1 Å². The second-order valence-electron chi connectivity index (χ2n) is 4.62. The number of rotatable bonds is 6. The number of anilines is 1. The van der Waals surface area contributed by atoms with E-state index in [0.717, 1.165) is 5.69 Å². The van der Waals surface area contributed by atoms with Crippen LogP contribution in [0.3, 0.4) is 0 Å². The predicted octanol–water partition coefficient (Wildman–Crippen LogP) is 1.64. The van der Waals surface area contributed by atoms with Crippen LogP contribution in [0.5, 0.6) is 0 Å². The first-order valence-corrected chi connectivity index (χ1v) is 5.77. The Balaban J connectivity index is 2.85. The zero-order valence-corrected chi connectivity index (χ0v) is 10.4. The molecule has 0 aliphatic heterocycles. The molecule has 0 bridgehead atoms. The molecule has 1 aromatic carbocycles. The summed E-state index contributed by atoms with van der Waals surface area (Å²) in [5.41, 5.74) is 0.183. The summed E-state index contributed by atoms with van der Waals surface area (Å²) >= 11 is 0. The van der Waals surface area contributed by atoms with E-state index in [-0.39, 0.29) is 19.0 Å². The third kappa shape index (κ3) is 3.68. The van der Waals surface area contributed by atoms with Crippen LogP contribution >= 0.6 is 0 Å². The minimum absolute atomic E-state index is 0.102. The van der Waals surface area contributed by atoms with E-state index >= 15 is 0 Å². The number of hydrogen-bond acceptors (Lipinski definition) is 3. The van der Waals surface area contributed by atoms with Crippen molar-refractivity contribution in [1.29, 1.82) is 0 Å². The summed E-state index contributed by atoms with van der Waals surface area (Å²) in [4.78, 5) is 1.94. The van der Waals surface area contributed by atoms with Crippen molar-refractivity contribution in [3.8, 4) is 0 Å². The van der Waals surface area contributed by atoms with Gasteiger partial charge in [0.2, 0.25) is 0 Å². The van der Waals surface area contributed by atoms with Gasteiger partial charge < -0.3 is 15.1 Å². The lowest BCUT2D eigenvalue weighted by molar-refractivity contribution is 0.0755. The fourth-order valence-electron chi connectivity index (χ4n) is 1.67. The number of halogens is 1. The van der Waals surface area contributed by atoms with E-state index < -0.39 is 5.41 Å². The smallest absolute Gasteiger partial charge is 0.125 e. The van der Waals surface area contributed by atoms with Crippen molar-refractivity contribution in [2.24, 2.45) is 5.41 Å². The van der Waals surface area contributed by atoms with E-state index in [2.05, 4.69) is 0 Å². The maximum atomic E-state index is 13.1. The highest BCUT2D eigenvalue weighted by atomic mass is 19.1. The molecule has 0 saturated heterocycles. The maximum absolute atomic E-state index is 13.1. The molecule has 0 aliphatic carbocycles. The molecular weight excluding hydrogens is 221 g/mol. The maximum Gasteiger partial charge on any atom is 0.125 e. The van der Waals surface area contributed by atoms with Crippen LogP contribution in [0.2, 0.25) is 0 Å². The van der Waals surface area contributed by atoms with Crippen molar-refractivity contribution in [1.82, 2.24) is 0 Å². The minimum atomic E-state index is -0.581. The van der Waals surface area contributed by atoms with Gasteiger partial charge in [0, 0.05) is 24.2 Å². The summed E-state index contributed by atoms with van der Waals surface area (Å²) in [5, 5.41) is 18.5. The normalized spacial score (nSPS) is 11.6. The average Bonchev–Trinajstić information content (AvgIpc) is 2.35. The first-order valence-electron chi connectivity index (χ1n) is 5.77. The second-order valence-corrected chi connectivity index (χ2v) is 4.62. The lowest BCUT2D eigenvalue weighted by atomic mass is 9.92. The number of aliphatic hydroxyl groups excluding tert-OH is 2. The summed E-state index contributed by atoms with van der Waals surface area (Å²) < 4.78 is 13.1. The largest absolute Gasteiger partial charge is 0.396 e. The predicted molar refractivity (Wildman–Crippen MR) is 66.6 cm³/mol. The van der Waals surface area contributed by atoms with Crippen molar-refractivity contribution >= 4 is 5.69 Å². The third-order valence-electron chi connectivity index (χ3n) is 2.89. The number of aliphatic hydroxyl groups is 2. The van der Waals surface area contributed by atoms with E-state index in [4.69, 9.17) is 0 Å². The van der Waals surface area contributed by atoms with Gasteiger partial charge in [-0.1, -0.05) is 13.0 Å². The van der Waals surface area contributed by atoms with Crippen molar-refractivity contribution in [2.45, 2.75) is 13.8 Å². The zero-order chi connectivity index (χ0) is 12.9. The standard InChI is InChI=1S/C13H20FNO2/c1-3-15(8-13(2,9-16)10-17)12-6-4-5-11(14)7-12/h4-7,16-17H,3,8-10H2,1-2H3. The van der Waals surface area contributed by atoms with Gasteiger partial charge in [-0.25, -0.2) is 4.39 Å². The van der Waals surface area contributed by atoms with Crippen LogP contribution in [0.1, 0.15) is 13.8 Å². The van der Waals surface area contributed by atoms with Crippen molar-refractivity contribution in [3.05, 3.63) is 30.1 Å². The second kappa shape index (κ2) is 5.98. The average molecular weight is 241 g/mol. The van der Waals surface area contributed by atoms with Crippen molar-refractivity contribution in [2.75, 3.05) is 31.2 Å². The van der Waals surface area contributed by atoms with Crippen LogP contribution in [0.25, 0.3) is 0 Å². The van der Waals surface area contributed by atoms with Crippen LogP contribution in [-0.4, -0.2) is 36.5 Å². The van der Waals surface area contributed by atoms with Crippen LogP contribution in [-0.2, 0) is 0 Å². The monoisotopic (exact) mass is 241 g/mol. The van der Waals surface area contributed by atoms with Gasteiger partial charge in [-0.3, -0.25) is 0 Å². The molecule has 1 aromatic rings. The van der Waals surface area contributed by atoms with Gasteiger partial charge in [0.25, 0.3) is 0 Å². The Morgan fingerprint density at radius 1 is 1.29 bits per heavy atom. The number of hydrogen-bond donors (Lipinski definition) is 2. The molecule has 0 unspecified atom stereocenters. The fourth-order valence-corrected chi connectivity index (χ4v) is 1.67. The van der Waals surface area contributed by atoms with E-state index in [9.17, 15) is 14.6 Å². The first kappa shape index (κ1) is 13.9. The lowest BCUT2D eigenvalue weighted by Gasteiger charge is -2.33. The first-order chi connectivity index (χ1) is 8.04. The fraction of sp³-hybridized carbons (Fsp3) is 0.538. The molecule has 3 nitrogen and oxygen atoms in total. The molecule has 0 fully saturated rings. The topological polar surface area (TPSA) is 43.7 Å². The van der Waals surface area contributed by atoms with E-state index in [0.29, 0.717) is 13.1 Å². The van der Waals surface area contributed by atoms with Gasteiger partial charge in [0.1, 0.15) is 5.82 Å². The molecule has 17 heavy (non-hydrogen) atoms. The molecule has 0 heterocycles. The Bertz CT molecular complexity index is 353. The Morgan fingerprint density at radius 2 is 1.94 bits per heavy atom. The molecule has 0 spiro atoms. The zero-order valence-electron chi connectivity index (χ0n) is 10.4. The highest BCUT2D eigenvalue weighted by Crippen LogP contribution is 2.22. The van der Waals surface area contributed by atoms with Crippen molar-refractivity contribution < 1.29 is 14.6 Å². The Morgan fingerprint density at radius 3 is 2.41 bits per heavy atom. The van der Waals surface area contributed by atoms with Gasteiger partial charge in [-0.2, -0.15) is 0 Å². The van der Waals surface area contributed by atoms with Gasteiger partial charge in [0.15, 0.2) is 0 Å². The Hall–Kier alpha value is -1.13. The highest BCUT2D eigenvalue weighted by Gasteiger charge is 2.25. The van der Waals surface area contributed by atoms with Crippen LogP contribution in [0, 0.1) is 11.2 Å². The third-order valence-corrected chi connectivity index (χ3v) is 2.89. The van der Waals surface area contributed by atoms with Crippen LogP contribution in [0.15, 0.2) is 24.3 Å². The summed E-state index contributed by atoms with van der Waals surface area (Å²) in [7, 11) is 0. The lowest BCUT2D eigenvalue weighted by Crippen LogP contribution is -2.40. The molecule has 4 heteroatoms. The Labute approximate surface area is 101 Å². The molecule has 96 valence electrons. The molecule has 2 N–H and O–H groups in total. The van der Waals surface area contributed by atoms with Gasteiger partial charge in [-0.15, -0.1) is 0 Å². The summed E-state index contributed by atoms with van der Waals surface area (Å²) in [6, 6.07) is 6.33. The van der Waals surface area contributed by atoms with E-state index in [1.54, 1.807) is 13.0 Å². The SMILES string of the molecule is CCN(CC(C)(CO)CO)c1cccc(F)c1. The quantitative estimate of drug-likeness (QED) is 0.795. The molecule has 0 aliphatic rings. The van der Waals surface area contributed by atoms with Gasteiger partial charge >= 0.3 is 0 Å². The highest BCUT2D eigenvalue weighted by molar-refractivity contribution is 5.46. The molecule has 0 saturated carbocycles. The van der Waals surface area contributed by atoms with Gasteiger partial charge in [0.05, 0.1) is 13.2 Å². The summed E-state index contributed by atoms with van der Waals surface area (Å²) in [5.74, 6) is -0.282. The molecule has 1 rings (SSSR count). The number of nitrogens with zero attached hydrogens (tertiary/aromatic N) is 1. The number of benzene rings is 1. The molecular formula is C13H20FNO2. The summed E-state index contributed by atoms with van der Waals surface area (Å²) in [6.45, 7) is 4.73. The van der Waals surface area contributed by atoms with Crippen LogP contribution < -0.4 is 4.90 Å².